The number of sulfone groups is 1. The maximum Gasteiger partial charge on any atom is 0.239 e. The Morgan fingerprint density at radius 1 is 1.17 bits per heavy atom. The molecule has 5 nitrogen and oxygen atoms in total. The summed E-state index contributed by atoms with van der Waals surface area (Å²) >= 11 is 2.86. The van der Waals surface area contributed by atoms with Crippen LogP contribution in [0.1, 0.15) is 5.56 Å². The number of carbonyl (C=O) groups is 1. The fourth-order valence-electron chi connectivity index (χ4n) is 2.67. The first-order valence-corrected chi connectivity index (χ1v) is 12.9. The van der Waals surface area contributed by atoms with Gasteiger partial charge in [0.05, 0.1) is 16.3 Å². The van der Waals surface area contributed by atoms with Crippen LogP contribution in [0.4, 0.5) is 5.13 Å². The van der Waals surface area contributed by atoms with E-state index in [1.807, 2.05) is 36.6 Å². The van der Waals surface area contributed by atoms with Crippen molar-refractivity contribution in [1.29, 1.82) is 0 Å². The monoisotopic (exact) mass is 458 g/mol. The highest BCUT2D eigenvalue weighted by molar-refractivity contribution is 8.00. The van der Waals surface area contributed by atoms with Crippen LogP contribution in [0.15, 0.2) is 76.4 Å². The molecule has 0 fully saturated rings. The number of nitrogens with zero attached hydrogens (tertiary/aromatic N) is 2. The van der Waals surface area contributed by atoms with Gasteiger partial charge in [-0.25, -0.2) is 13.4 Å². The Labute approximate surface area is 185 Å². The zero-order valence-electron chi connectivity index (χ0n) is 16.7. The summed E-state index contributed by atoms with van der Waals surface area (Å²) in [6, 6.07) is 14.6. The van der Waals surface area contributed by atoms with Gasteiger partial charge in [0, 0.05) is 28.6 Å². The molecule has 0 bridgehead atoms. The number of aryl methyl sites for hydroxylation is 1. The number of hydrogen-bond donors (Lipinski definition) is 0. The second-order valence-electron chi connectivity index (χ2n) is 6.71. The predicted molar refractivity (Wildman–Crippen MR) is 125 cm³/mol. The van der Waals surface area contributed by atoms with E-state index in [4.69, 9.17) is 0 Å². The fourth-order valence-corrected chi connectivity index (χ4v) is 4.93. The van der Waals surface area contributed by atoms with E-state index in [0.29, 0.717) is 23.1 Å². The van der Waals surface area contributed by atoms with E-state index in [-0.39, 0.29) is 10.8 Å². The van der Waals surface area contributed by atoms with Gasteiger partial charge in [-0.3, -0.25) is 9.69 Å². The van der Waals surface area contributed by atoms with Crippen molar-refractivity contribution in [2.75, 3.05) is 23.5 Å². The van der Waals surface area contributed by atoms with E-state index in [1.54, 1.807) is 35.2 Å². The van der Waals surface area contributed by atoms with Crippen molar-refractivity contribution in [2.24, 2.45) is 0 Å². The van der Waals surface area contributed by atoms with Gasteiger partial charge < -0.3 is 0 Å². The van der Waals surface area contributed by atoms with Crippen LogP contribution in [-0.4, -0.2) is 37.9 Å². The third-order valence-corrected chi connectivity index (χ3v) is 7.29. The molecule has 0 spiro atoms. The molecule has 0 aliphatic carbocycles. The number of anilines is 1. The summed E-state index contributed by atoms with van der Waals surface area (Å²) in [6.45, 7) is 6.15. The lowest BCUT2D eigenvalue weighted by atomic mass is 10.2. The normalized spacial score (nSPS) is 11.3. The van der Waals surface area contributed by atoms with Crippen molar-refractivity contribution in [3.05, 3.63) is 72.1 Å². The van der Waals surface area contributed by atoms with Gasteiger partial charge in [0.2, 0.25) is 5.91 Å². The molecule has 1 amide bonds. The summed E-state index contributed by atoms with van der Waals surface area (Å²) in [5.41, 5.74) is 2.67. The second-order valence-corrected chi connectivity index (χ2v) is 10.6. The molecule has 0 aliphatic heterocycles. The third-order valence-electron chi connectivity index (χ3n) is 4.30. The van der Waals surface area contributed by atoms with Gasteiger partial charge in [-0.15, -0.1) is 29.7 Å². The number of thioether (sulfide) groups is 1. The Bertz CT molecular complexity index is 1140. The molecule has 3 aromatic rings. The Balaban J connectivity index is 1.74. The van der Waals surface area contributed by atoms with Gasteiger partial charge in [-0.1, -0.05) is 35.9 Å². The Morgan fingerprint density at radius 3 is 2.43 bits per heavy atom. The largest absolute Gasteiger partial charge is 0.284 e. The highest BCUT2D eigenvalue weighted by Crippen LogP contribution is 2.29. The van der Waals surface area contributed by atoms with Gasteiger partial charge in [-0.2, -0.15) is 0 Å². The zero-order valence-corrected chi connectivity index (χ0v) is 19.2. The molecule has 1 aromatic heterocycles. The summed E-state index contributed by atoms with van der Waals surface area (Å²) in [6.07, 6.45) is 2.85. The summed E-state index contributed by atoms with van der Waals surface area (Å²) in [5.74, 6) is 0.253. The average molecular weight is 459 g/mol. The van der Waals surface area contributed by atoms with Crippen molar-refractivity contribution in [2.45, 2.75) is 16.7 Å². The van der Waals surface area contributed by atoms with Crippen LogP contribution < -0.4 is 4.90 Å². The first-order valence-electron chi connectivity index (χ1n) is 9.14. The van der Waals surface area contributed by atoms with Crippen molar-refractivity contribution >= 4 is 44.0 Å². The van der Waals surface area contributed by atoms with E-state index >= 15 is 0 Å². The predicted octanol–water partition coefficient (Wildman–Crippen LogP) is 4.83. The van der Waals surface area contributed by atoms with Crippen LogP contribution >= 0.6 is 23.1 Å². The van der Waals surface area contributed by atoms with E-state index < -0.39 is 9.84 Å². The highest BCUT2D eigenvalue weighted by Gasteiger charge is 2.19. The maximum absolute atomic E-state index is 12.8. The molecule has 30 heavy (non-hydrogen) atoms. The third kappa shape index (κ3) is 5.59. The van der Waals surface area contributed by atoms with Crippen LogP contribution in [0.25, 0.3) is 11.3 Å². The molecule has 8 heteroatoms. The average Bonchev–Trinajstić information content (AvgIpc) is 3.20. The number of carbonyl (C=O) groups excluding carboxylic acids is 1. The van der Waals surface area contributed by atoms with Gasteiger partial charge in [0.15, 0.2) is 15.0 Å². The molecule has 0 atom stereocenters. The SMILES string of the molecule is C=CCN(C(=O)CSc1ccc(C)cc1)c1nc(-c2ccc(S(C)(=O)=O)cc2)cs1. The van der Waals surface area contributed by atoms with E-state index in [0.717, 1.165) is 10.5 Å². The minimum atomic E-state index is -3.24. The second kappa shape index (κ2) is 9.59. The first kappa shape index (κ1) is 22.3. The molecule has 0 N–H and O–H groups in total. The quantitative estimate of drug-likeness (QED) is 0.357. The van der Waals surface area contributed by atoms with Crippen LogP contribution in [0.2, 0.25) is 0 Å². The van der Waals surface area contributed by atoms with E-state index in [2.05, 4.69) is 11.6 Å². The minimum absolute atomic E-state index is 0.0474. The molecule has 2 aromatic carbocycles. The lowest BCUT2D eigenvalue weighted by Gasteiger charge is -2.17. The maximum atomic E-state index is 12.8. The summed E-state index contributed by atoms with van der Waals surface area (Å²) in [4.78, 5) is 20.3. The first-order chi connectivity index (χ1) is 14.3. The van der Waals surface area contributed by atoms with Crippen molar-refractivity contribution < 1.29 is 13.2 Å². The van der Waals surface area contributed by atoms with Crippen LogP contribution in [0.3, 0.4) is 0 Å². The lowest BCUT2D eigenvalue weighted by Crippen LogP contribution is -2.32. The number of thiazole rings is 1. The van der Waals surface area contributed by atoms with Crippen LogP contribution in [0, 0.1) is 6.92 Å². The van der Waals surface area contributed by atoms with Gasteiger partial charge >= 0.3 is 0 Å². The van der Waals surface area contributed by atoms with Crippen molar-refractivity contribution in [3.63, 3.8) is 0 Å². The molecule has 0 saturated heterocycles. The Hall–Kier alpha value is -2.42. The summed E-state index contributed by atoms with van der Waals surface area (Å²) in [7, 11) is -3.24. The lowest BCUT2D eigenvalue weighted by molar-refractivity contribution is -0.116. The summed E-state index contributed by atoms with van der Waals surface area (Å²) < 4.78 is 23.3. The fraction of sp³-hybridized carbons (Fsp3) is 0.182. The van der Waals surface area contributed by atoms with Crippen molar-refractivity contribution in [3.8, 4) is 11.3 Å². The van der Waals surface area contributed by atoms with Gasteiger partial charge in [0.25, 0.3) is 0 Å². The smallest absolute Gasteiger partial charge is 0.239 e. The molecule has 0 saturated carbocycles. The van der Waals surface area contributed by atoms with E-state index in [1.165, 1.54) is 34.9 Å². The summed E-state index contributed by atoms with van der Waals surface area (Å²) in [5, 5.41) is 2.45. The van der Waals surface area contributed by atoms with Crippen molar-refractivity contribution in [1.82, 2.24) is 4.98 Å². The van der Waals surface area contributed by atoms with E-state index in [9.17, 15) is 13.2 Å². The number of amides is 1. The standard InChI is InChI=1S/C22H22N2O3S3/c1-4-13-24(21(25)15-28-18-9-5-16(2)6-10-18)22-23-20(14-29-22)17-7-11-19(12-8-17)30(3,26)27/h4-12,14H,1,13,15H2,2-3H3. The topological polar surface area (TPSA) is 67.3 Å². The molecular formula is C22H22N2O3S3. The molecular weight excluding hydrogens is 436 g/mol. The highest BCUT2D eigenvalue weighted by atomic mass is 32.2. The number of benzene rings is 2. The van der Waals surface area contributed by atoms with Crippen LogP contribution in [0.5, 0.6) is 0 Å². The molecule has 3 rings (SSSR count). The Kier molecular flexibility index (Phi) is 7.12. The van der Waals surface area contributed by atoms with Crippen LogP contribution in [-0.2, 0) is 14.6 Å². The molecule has 156 valence electrons. The van der Waals surface area contributed by atoms with Gasteiger partial charge in [-0.05, 0) is 31.2 Å². The molecule has 0 aliphatic rings. The Morgan fingerprint density at radius 2 is 1.83 bits per heavy atom. The number of rotatable bonds is 8. The zero-order chi connectivity index (χ0) is 21.7. The molecule has 0 unspecified atom stereocenters. The number of hydrogen-bond acceptors (Lipinski definition) is 6. The molecule has 1 heterocycles. The molecule has 0 radical (unpaired) electrons. The number of aromatic nitrogens is 1. The minimum Gasteiger partial charge on any atom is -0.284 e. The van der Waals surface area contributed by atoms with Gasteiger partial charge in [0.1, 0.15) is 0 Å².